The van der Waals surface area contributed by atoms with Crippen LogP contribution in [0.4, 0.5) is 0 Å². The number of unbranched alkanes of at least 4 members (excludes halogenated alkanes) is 1. The Kier molecular flexibility index (Phi) is 13.1. The average Bonchev–Trinajstić information content (AvgIpc) is 2.68. The van der Waals surface area contributed by atoms with E-state index in [4.69, 9.17) is 17.2 Å². The van der Waals surface area contributed by atoms with Crippen molar-refractivity contribution >= 4 is 29.6 Å². The molecule has 0 aromatic carbocycles. The summed E-state index contributed by atoms with van der Waals surface area (Å²) >= 11 is 0. The number of carbonyl (C=O) groups is 5. The number of carboxylic acid groups (broad SMARTS) is 1. The standard InChI is InChI=1S/C19H36N6O7/c1-9(2)14(22)17(29)24-12(8-13(21)27)16(28)25-15(10(3)26)18(30)23-11(19(31)32)6-4-5-7-20/h9-12,14-15,26H,4-8,20,22H2,1-3H3,(H2,21,27)(H,23,30)(H,24,29)(H,25,28)(H,31,32). The third-order valence-electron chi connectivity index (χ3n) is 4.68. The van der Waals surface area contributed by atoms with Crippen molar-refractivity contribution in [1.82, 2.24) is 16.0 Å². The Hall–Kier alpha value is -2.77. The Morgan fingerprint density at radius 2 is 1.44 bits per heavy atom. The fraction of sp³-hybridized carbons (Fsp3) is 0.737. The summed E-state index contributed by atoms with van der Waals surface area (Å²) in [5.41, 5.74) is 16.3. The van der Waals surface area contributed by atoms with E-state index in [-0.39, 0.29) is 12.3 Å². The van der Waals surface area contributed by atoms with Crippen LogP contribution < -0.4 is 33.2 Å². The molecular weight excluding hydrogens is 424 g/mol. The highest BCUT2D eigenvalue weighted by Gasteiger charge is 2.33. The Morgan fingerprint density at radius 1 is 0.875 bits per heavy atom. The van der Waals surface area contributed by atoms with Crippen molar-refractivity contribution in [3.8, 4) is 0 Å². The molecule has 0 spiro atoms. The van der Waals surface area contributed by atoms with Gasteiger partial charge in [-0.05, 0) is 38.6 Å². The molecule has 0 aromatic heterocycles. The van der Waals surface area contributed by atoms with Gasteiger partial charge in [0.25, 0.3) is 0 Å². The number of hydrogen-bond donors (Lipinski definition) is 8. The van der Waals surface area contributed by atoms with Gasteiger partial charge in [-0.3, -0.25) is 19.2 Å². The maximum atomic E-state index is 12.7. The van der Waals surface area contributed by atoms with E-state index in [9.17, 15) is 34.2 Å². The average molecular weight is 461 g/mol. The monoisotopic (exact) mass is 460 g/mol. The first-order valence-corrected chi connectivity index (χ1v) is 10.4. The van der Waals surface area contributed by atoms with Crippen LogP contribution in [0.2, 0.25) is 0 Å². The number of primary amides is 1. The number of carbonyl (C=O) groups excluding carboxylic acids is 4. The second kappa shape index (κ2) is 14.3. The topological polar surface area (TPSA) is 240 Å². The van der Waals surface area contributed by atoms with Gasteiger partial charge in [0.15, 0.2) is 0 Å². The van der Waals surface area contributed by atoms with E-state index < -0.39 is 66.3 Å². The number of nitrogens with two attached hydrogens (primary N) is 3. The lowest BCUT2D eigenvalue weighted by molar-refractivity contribution is -0.143. The Morgan fingerprint density at radius 3 is 1.88 bits per heavy atom. The minimum absolute atomic E-state index is 0.103. The Balaban J connectivity index is 5.39. The van der Waals surface area contributed by atoms with Crippen LogP contribution in [-0.4, -0.2) is 76.6 Å². The largest absolute Gasteiger partial charge is 0.480 e. The number of aliphatic hydroxyl groups is 1. The summed E-state index contributed by atoms with van der Waals surface area (Å²) in [6.07, 6.45) is -0.884. The van der Waals surface area contributed by atoms with Crippen LogP contribution in [0.15, 0.2) is 0 Å². The minimum Gasteiger partial charge on any atom is -0.480 e. The number of carboxylic acids is 1. The number of aliphatic carboxylic acids is 1. The van der Waals surface area contributed by atoms with Crippen molar-refractivity contribution in [3.63, 3.8) is 0 Å². The van der Waals surface area contributed by atoms with Gasteiger partial charge >= 0.3 is 5.97 Å². The van der Waals surface area contributed by atoms with Gasteiger partial charge in [-0.1, -0.05) is 13.8 Å². The van der Waals surface area contributed by atoms with Crippen LogP contribution in [0.1, 0.15) is 46.5 Å². The van der Waals surface area contributed by atoms with Gasteiger partial charge in [0.05, 0.1) is 18.6 Å². The first kappa shape index (κ1) is 29.2. The summed E-state index contributed by atoms with van der Waals surface area (Å²) in [6, 6.07) is -5.21. The molecule has 0 heterocycles. The molecule has 5 unspecified atom stereocenters. The normalized spacial score (nSPS) is 15.7. The van der Waals surface area contributed by atoms with Crippen LogP contribution in [-0.2, 0) is 24.0 Å². The summed E-state index contributed by atoms with van der Waals surface area (Å²) in [5.74, 6) is -5.05. The van der Waals surface area contributed by atoms with Crippen molar-refractivity contribution in [2.45, 2.75) is 76.7 Å². The molecule has 0 saturated carbocycles. The van der Waals surface area contributed by atoms with E-state index in [1.807, 2.05) is 0 Å². The molecule has 0 fully saturated rings. The molecule has 32 heavy (non-hydrogen) atoms. The Labute approximate surface area is 186 Å². The summed E-state index contributed by atoms with van der Waals surface area (Å²) in [4.78, 5) is 60.2. The number of amides is 4. The summed E-state index contributed by atoms with van der Waals surface area (Å²) in [7, 11) is 0. The lowest BCUT2D eigenvalue weighted by Crippen LogP contribution is -2.60. The number of aliphatic hydroxyl groups excluding tert-OH is 1. The number of nitrogens with one attached hydrogen (secondary N) is 3. The number of rotatable bonds is 15. The lowest BCUT2D eigenvalue weighted by Gasteiger charge is -2.26. The van der Waals surface area contributed by atoms with E-state index in [0.29, 0.717) is 19.4 Å². The molecule has 0 aliphatic rings. The first-order valence-electron chi connectivity index (χ1n) is 10.4. The molecule has 0 aliphatic heterocycles. The second-order valence-corrected chi connectivity index (χ2v) is 7.91. The first-order chi connectivity index (χ1) is 14.8. The molecule has 0 saturated heterocycles. The molecule has 13 heteroatoms. The zero-order chi connectivity index (χ0) is 25.0. The molecule has 4 amide bonds. The van der Waals surface area contributed by atoms with Gasteiger partial charge in [0.2, 0.25) is 23.6 Å². The smallest absolute Gasteiger partial charge is 0.326 e. The van der Waals surface area contributed by atoms with E-state index in [1.165, 1.54) is 6.92 Å². The maximum absolute atomic E-state index is 12.7. The van der Waals surface area contributed by atoms with E-state index in [1.54, 1.807) is 13.8 Å². The molecule has 184 valence electrons. The van der Waals surface area contributed by atoms with Crippen LogP contribution in [0.5, 0.6) is 0 Å². The predicted octanol–water partition coefficient (Wildman–Crippen LogP) is -3.11. The van der Waals surface area contributed by atoms with Gasteiger partial charge in [-0.25, -0.2) is 4.79 Å². The van der Waals surface area contributed by atoms with Gasteiger partial charge in [0.1, 0.15) is 18.1 Å². The zero-order valence-corrected chi connectivity index (χ0v) is 18.7. The van der Waals surface area contributed by atoms with Crippen LogP contribution >= 0.6 is 0 Å². The fourth-order valence-corrected chi connectivity index (χ4v) is 2.65. The Bertz CT molecular complexity index is 671. The van der Waals surface area contributed by atoms with Crippen LogP contribution in [0, 0.1) is 5.92 Å². The van der Waals surface area contributed by atoms with Crippen molar-refractivity contribution in [1.29, 1.82) is 0 Å². The zero-order valence-electron chi connectivity index (χ0n) is 18.7. The predicted molar refractivity (Wildman–Crippen MR) is 115 cm³/mol. The summed E-state index contributed by atoms with van der Waals surface area (Å²) in [6.45, 7) is 4.95. The van der Waals surface area contributed by atoms with Gasteiger partial charge < -0.3 is 43.4 Å². The third kappa shape index (κ3) is 10.5. The molecule has 0 bridgehead atoms. The third-order valence-corrected chi connectivity index (χ3v) is 4.68. The highest BCUT2D eigenvalue weighted by atomic mass is 16.4. The lowest BCUT2D eigenvalue weighted by atomic mass is 10.0. The molecular formula is C19H36N6O7. The molecule has 5 atom stereocenters. The molecule has 0 aliphatic carbocycles. The second-order valence-electron chi connectivity index (χ2n) is 7.91. The molecule has 0 rings (SSSR count). The fourth-order valence-electron chi connectivity index (χ4n) is 2.65. The van der Waals surface area contributed by atoms with Crippen molar-refractivity contribution < 1.29 is 34.2 Å². The highest BCUT2D eigenvalue weighted by molar-refractivity contribution is 5.96. The van der Waals surface area contributed by atoms with Crippen molar-refractivity contribution in [2.75, 3.05) is 6.54 Å². The van der Waals surface area contributed by atoms with Gasteiger partial charge in [0, 0.05) is 0 Å². The molecule has 0 aromatic rings. The number of hydrogen-bond acceptors (Lipinski definition) is 8. The minimum atomic E-state index is -1.55. The SMILES string of the molecule is CC(C)C(N)C(=O)NC(CC(N)=O)C(=O)NC(C(=O)NC(CCCCN)C(=O)O)C(C)O. The van der Waals surface area contributed by atoms with Crippen molar-refractivity contribution in [2.24, 2.45) is 23.1 Å². The van der Waals surface area contributed by atoms with Crippen LogP contribution in [0.3, 0.4) is 0 Å². The molecule has 0 radical (unpaired) electrons. The quantitative estimate of drug-likeness (QED) is 0.115. The van der Waals surface area contributed by atoms with Gasteiger partial charge in [-0.2, -0.15) is 0 Å². The van der Waals surface area contributed by atoms with Crippen LogP contribution in [0.25, 0.3) is 0 Å². The maximum Gasteiger partial charge on any atom is 0.326 e. The summed E-state index contributed by atoms with van der Waals surface area (Å²) in [5, 5.41) is 26.1. The highest BCUT2D eigenvalue weighted by Crippen LogP contribution is 2.05. The molecule has 11 N–H and O–H groups in total. The van der Waals surface area contributed by atoms with E-state index in [2.05, 4.69) is 16.0 Å². The van der Waals surface area contributed by atoms with E-state index >= 15 is 0 Å². The molecule has 13 nitrogen and oxygen atoms in total. The van der Waals surface area contributed by atoms with Crippen molar-refractivity contribution in [3.05, 3.63) is 0 Å². The summed E-state index contributed by atoms with van der Waals surface area (Å²) < 4.78 is 0. The van der Waals surface area contributed by atoms with E-state index in [0.717, 1.165) is 0 Å². The van der Waals surface area contributed by atoms with Gasteiger partial charge in [-0.15, -0.1) is 0 Å².